The van der Waals surface area contributed by atoms with Gasteiger partial charge in [-0.05, 0) is 6.07 Å². The van der Waals surface area contributed by atoms with Crippen LogP contribution in [0.3, 0.4) is 0 Å². The first-order valence-corrected chi connectivity index (χ1v) is 7.40. The molecule has 0 saturated heterocycles. The highest BCUT2D eigenvalue weighted by Gasteiger charge is 2.09. The number of nitrogens with two attached hydrogens (primary N) is 2. The number of hydrogen-bond acceptors (Lipinski definition) is 6. The Balaban J connectivity index is 2.15. The summed E-state index contributed by atoms with van der Waals surface area (Å²) >= 11 is 0. The van der Waals surface area contributed by atoms with Crippen LogP contribution in [-0.2, 0) is 0 Å². The second kappa shape index (κ2) is 6.55. The normalized spacial score (nSPS) is 11.0. The number of anilines is 2. The van der Waals surface area contributed by atoms with Crippen molar-refractivity contribution in [2.24, 2.45) is 11.5 Å². The monoisotopic (exact) mass is 296 g/mol. The lowest BCUT2D eigenvalue weighted by molar-refractivity contribution is 1.01. The van der Waals surface area contributed by atoms with Gasteiger partial charge in [0.25, 0.3) is 0 Å². The van der Waals surface area contributed by atoms with Crippen molar-refractivity contribution in [3.8, 4) is 0 Å². The molecule has 0 radical (unpaired) electrons. The van der Waals surface area contributed by atoms with Crippen LogP contribution < -0.4 is 22.1 Å². The zero-order valence-electron chi connectivity index (χ0n) is 12.3. The van der Waals surface area contributed by atoms with Crippen molar-refractivity contribution >= 4 is 33.3 Å². The van der Waals surface area contributed by atoms with Crippen LogP contribution in [0.5, 0.6) is 0 Å². The van der Waals surface area contributed by atoms with Crippen LogP contribution in [0.1, 0.15) is 0 Å². The van der Waals surface area contributed by atoms with Gasteiger partial charge in [-0.3, -0.25) is 4.98 Å². The first kappa shape index (κ1) is 14.5. The fourth-order valence-corrected chi connectivity index (χ4v) is 2.48. The molecule has 0 saturated carbocycles. The molecule has 22 heavy (non-hydrogen) atoms. The highest BCUT2D eigenvalue weighted by atomic mass is 15.0. The van der Waals surface area contributed by atoms with E-state index >= 15 is 0 Å². The van der Waals surface area contributed by atoms with E-state index in [1.165, 1.54) is 0 Å². The molecule has 3 aromatic rings. The van der Waals surface area contributed by atoms with Gasteiger partial charge in [0.2, 0.25) is 0 Å². The molecule has 3 rings (SSSR count). The molecule has 1 heterocycles. The Hall–Kier alpha value is -2.44. The molecule has 0 spiro atoms. The molecule has 6 nitrogen and oxygen atoms in total. The first-order valence-electron chi connectivity index (χ1n) is 7.40. The smallest absolute Gasteiger partial charge is 0.145 e. The molecule has 0 atom stereocenters. The van der Waals surface area contributed by atoms with Gasteiger partial charge < -0.3 is 22.1 Å². The Morgan fingerprint density at radius 2 is 1.68 bits per heavy atom. The Morgan fingerprint density at radius 3 is 2.45 bits per heavy atom. The molecule has 0 aliphatic heterocycles. The van der Waals surface area contributed by atoms with Crippen molar-refractivity contribution in [3.63, 3.8) is 0 Å². The minimum absolute atomic E-state index is 0.558. The Morgan fingerprint density at radius 1 is 0.955 bits per heavy atom. The number of nitrogens with one attached hydrogen (secondary N) is 2. The lowest BCUT2D eigenvalue weighted by Crippen LogP contribution is -2.14. The Kier molecular flexibility index (Phi) is 4.32. The number of nitrogens with zero attached hydrogens (tertiary/aromatic N) is 2. The molecule has 6 heteroatoms. The van der Waals surface area contributed by atoms with E-state index in [4.69, 9.17) is 11.5 Å². The van der Waals surface area contributed by atoms with Crippen molar-refractivity contribution in [2.45, 2.75) is 0 Å². The predicted molar refractivity (Wildman–Crippen MR) is 92.1 cm³/mol. The molecule has 1 aromatic heterocycles. The molecule has 0 unspecified atom stereocenters. The zero-order valence-corrected chi connectivity index (χ0v) is 12.3. The molecular weight excluding hydrogens is 276 g/mol. The quantitative estimate of drug-likeness (QED) is 0.514. The van der Waals surface area contributed by atoms with Gasteiger partial charge in [0, 0.05) is 42.6 Å². The summed E-state index contributed by atoms with van der Waals surface area (Å²) in [5.74, 6) is 0.741. The van der Waals surface area contributed by atoms with E-state index in [1.54, 1.807) is 6.20 Å². The van der Waals surface area contributed by atoms with E-state index in [9.17, 15) is 0 Å². The molecule has 0 aliphatic carbocycles. The first-order chi connectivity index (χ1) is 10.8. The molecular formula is C16H20N6. The molecule has 2 aromatic carbocycles. The summed E-state index contributed by atoms with van der Waals surface area (Å²) < 4.78 is 0. The number of aromatic nitrogens is 2. The van der Waals surface area contributed by atoms with Crippen LogP contribution >= 0.6 is 0 Å². The van der Waals surface area contributed by atoms with Crippen LogP contribution in [0.2, 0.25) is 0 Å². The maximum atomic E-state index is 5.59. The van der Waals surface area contributed by atoms with Crippen molar-refractivity contribution in [1.29, 1.82) is 0 Å². The van der Waals surface area contributed by atoms with Crippen molar-refractivity contribution in [3.05, 3.63) is 36.5 Å². The average molecular weight is 296 g/mol. The second-order valence-electron chi connectivity index (χ2n) is 5.02. The van der Waals surface area contributed by atoms with Crippen LogP contribution in [0.25, 0.3) is 21.8 Å². The molecule has 0 amide bonds. The maximum Gasteiger partial charge on any atom is 0.145 e. The summed E-state index contributed by atoms with van der Waals surface area (Å²) in [4.78, 5) is 9.20. The summed E-state index contributed by atoms with van der Waals surface area (Å²) in [7, 11) is 0. The van der Waals surface area contributed by atoms with Gasteiger partial charge in [0.05, 0.1) is 17.2 Å². The minimum atomic E-state index is 0.558. The van der Waals surface area contributed by atoms with Gasteiger partial charge >= 0.3 is 0 Å². The summed E-state index contributed by atoms with van der Waals surface area (Å²) in [5.41, 5.74) is 13.9. The van der Waals surface area contributed by atoms with Crippen molar-refractivity contribution in [1.82, 2.24) is 9.97 Å². The number of benzene rings is 2. The largest absolute Gasteiger partial charge is 0.383 e. The van der Waals surface area contributed by atoms with Crippen molar-refractivity contribution < 1.29 is 0 Å². The summed E-state index contributed by atoms with van der Waals surface area (Å²) in [6.45, 7) is 2.54. The number of rotatable bonds is 6. The summed E-state index contributed by atoms with van der Waals surface area (Å²) in [6, 6.07) is 10.2. The van der Waals surface area contributed by atoms with Crippen LogP contribution in [0.4, 0.5) is 11.5 Å². The van der Waals surface area contributed by atoms with Gasteiger partial charge in [0.15, 0.2) is 0 Å². The maximum absolute atomic E-state index is 5.59. The third kappa shape index (κ3) is 2.79. The third-order valence-electron chi connectivity index (χ3n) is 3.46. The lowest BCUT2D eigenvalue weighted by atomic mass is 10.1. The van der Waals surface area contributed by atoms with Crippen LogP contribution in [0, 0.1) is 0 Å². The minimum Gasteiger partial charge on any atom is -0.383 e. The molecule has 6 N–H and O–H groups in total. The highest BCUT2D eigenvalue weighted by Crippen LogP contribution is 2.30. The third-order valence-corrected chi connectivity index (χ3v) is 3.46. The van der Waals surface area contributed by atoms with Crippen LogP contribution in [-0.4, -0.2) is 36.1 Å². The molecule has 0 bridgehead atoms. The van der Waals surface area contributed by atoms with E-state index < -0.39 is 0 Å². The van der Waals surface area contributed by atoms with Gasteiger partial charge in [0.1, 0.15) is 5.82 Å². The SMILES string of the molecule is NCCNc1cnc2cc(NCCN)c3ccccc3c2n1. The molecule has 0 fully saturated rings. The molecule has 114 valence electrons. The Labute approximate surface area is 128 Å². The van der Waals surface area contributed by atoms with Crippen molar-refractivity contribution in [2.75, 3.05) is 36.8 Å². The van der Waals surface area contributed by atoms with Crippen LogP contribution in [0.15, 0.2) is 36.5 Å². The fraction of sp³-hybridized carbons (Fsp3) is 0.250. The van der Waals surface area contributed by atoms with Gasteiger partial charge in [-0.25, -0.2) is 4.98 Å². The van der Waals surface area contributed by atoms with E-state index in [1.807, 2.05) is 18.2 Å². The predicted octanol–water partition coefficient (Wildman–Crippen LogP) is 1.52. The standard InChI is InChI=1S/C16H20N6/c17-5-7-19-13-9-14-16(12-4-2-1-3-11(12)13)22-15(10-21-14)20-8-6-18/h1-4,9-10,19H,5-8,17-18H2,(H,20,22). The number of hydrogen-bond donors (Lipinski definition) is 4. The highest BCUT2D eigenvalue weighted by molar-refractivity contribution is 6.10. The van der Waals surface area contributed by atoms with Gasteiger partial charge in [-0.15, -0.1) is 0 Å². The fourth-order valence-electron chi connectivity index (χ4n) is 2.48. The topological polar surface area (TPSA) is 102 Å². The second-order valence-corrected chi connectivity index (χ2v) is 5.02. The molecule has 0 aliphatic rings. The van der Waals surface area contributed by atoms with E-state index in [-0.39, 0.29) is 0 Å². The van der Waals surface area contributed by atoms with Gasteiger partial charge in [-0.2, -0.15) is 0 Å². The summed E-state index contributed by atoms with van der Waals surface area (Å²) in [5, 5.41) is 8.71. The van der Waals surface area contributed by atoms with E-state index in [2.05, 4.69) is 32.7 Å². The zero-order chi connectivity index (χ0) is 15.4. The number of fused-ring (bicyclic) bond motifs is 3. The lowest BCUT2D eigenvalue weighted by Gasteiger charge is -2.12. The van der Waals surface area contributed by atoms with E-state index in [0.717, 1.165) is 39.9 Å². The summed E-state index contributed by atoms with van der Waals surface area (Å²) in [6.07, 6.45) is 1.74. The average Bonchev–Trinajstić information content (AvgIpc) is 2.58. The van der Waals surface area contributed by atoms with E-state index in [0.29, 0.717) is 19.6 Å². The van der Waals surface area contributed by atoms with Gasteiger partial charge in [-0.1, -0.05) is 24.3 Å². The Bertz CT molecular complexity index is 786.